The number of piperidine rings is 1. The van der Waals surface area contributed by atoms with Crippen molar-refractivity contribution in [2.45, 2.75) is 38.6 Å². The van der Waals surface area contributed by atoms with Crippen LogP contribution in [0.2, 0.25) is 0 Å². The average molecular weight is 448 g/mol. The Morgan fingerprint density at radius 1 is 1.32 bits per heavy atom. The van der Waals surface area contributed by atoms with Crippen LogP contribution in [-0.2, 0) is 16.0 Å². The van der Waals surface area contributed by atoms with E-state index in [9.17, 15) is 19.2 Å². The minimum atomic E-state index is -0.533. The third-order valence-corrected chi connectivity index (χ3v) is 5.64. The number of aromatic amines is 1. The van der Waals surface area contributed by atoms with Crippen molar-refractivity contribution in [3.63, 3.8) is 0 Å². The molecule has 0 saturated carbocycles. The summed E-state index contributed by atoms with van der Waals surface area (Å²) in [5.74, 6) is -0.612. The first kappa shape index (κ1) is 22.5. The maximum Gasteiger partial charge on any atom is 0.409 e. The number of nitrogens with zero attached hydrogens (tertiary/aromatic N) is 2. The van der Waals surface area contributed by atoms with Gasteiger partial charge in [0, 0.05) is 37.1 Å². The van der Waals surface area contributed by atoms with Gasteiger partial charge in [-0.2, -0.15) is 0 Å². The molecule has 0 aliphatic carbocycles. The first-order valence-electron chi connectivity index (χ1n) is 10.1. The Morgan fingerprint density at radius 3 is 2.81 bits per heavy atom. The smallest absolute Gasteiger partial charge is 0.409 e. The predicted molar refractivity (Wildman–Crippen MR) is 115 cm³/mol. The second-order valence-corrected chi connectivity index (χ2v) is 7.90. The third kappa shape index (κ3) is 6.38. The number of nitrogens with one attached hydrogen (secondary N) is 3. The standard InChI is InChI=1S/C20H25N5O5S/c1-2-30-20(29)25-10-7-13(8-11-25)22-16(26)6-5-14-12-31-19(23-14)24-18(28)15-4-3-9-21-17(15)27/h3-4,9,12-13H,2,5-8,10-11H2,1H3,(H,21,27)(H,22,26)(H,23,24,28). The monoisotopic (exact) mass is 447 g/mol. The van der Waals surface area contributed by atoms with Crippen molar-refractivity contribution >= 4 is 34.4 Å². The molecule has 0 unspecified atom stereocenters. The van der Waals surface area contributed by atoms with E-state index in [1.54, 1.807) is 23.3 Å². The Kier molecular flexibility index (Phi) is 7.76. The molecule has 1 aliphatic heterocycles. The van der Waals surface area contributed by atoms with E-state index in [0.29, 0.717) is 49.8 Å². The lowest BCUT2D eigenvalue weighted by Gasteiger charge is -2.31. The van der Waals surface area contributed by atoms with Gasteiger partial charge in [-0.1, -0.05) is 0 Å². The molecule has 0 bridgehead atoms. The van der Waals surface area contributed by atoms with Gasteiger partial charge >= 0.3 is 6.09 Å². The number of hydrogen-bond donors (Lipinski definition) is 3. The number of thiazole rings is 1. The number of carbonyl (C=O) groups excluding carboxylic acids is 3. The zero-order valence-corrected chi connectivity index (χ0v) is 18.0. The lowest BCUT2D eigenvalue weighted by Crippen LogP contribution is -2.46. The summed E-state index contributed by atoms with van der Waals surface area (Å²) in [4.78, 5) is 56.2. The summed E-state index contributed by atoms with van der Waals surface area (Å²) in [6.45, 7) is 3.24. The fourth-order valence-corrected chi connectivity index (χ4v) is 3.95. The molecular weight excluding hydrogens is 422 g/mol. The number of aryl methyl sites for hydroxylation is 1. The van der Waals surface area contributed by atoms with Gasteiger partial charge in [0.1, 0.15) is 5.56 Å². The van der Waals surface area contributed by atoms with Crippen LogP contribution in [-0.4, -0.2) is 58.5 Å². The summed E-state index contributed by atoms with van der Waals surface area (Å²) in [5, 5.41) is 7.74. The zero-order chi connectivity index (χ0) is 22.2. The van der Waals surface area contributed by atoms with Gasteiger partial charge < -0.3 is 19.9 Å². The van der Waals surface area contributed by atoms with Crippen molar-refractivity contribution in [1.29, 1.82) is 0 Å². The highest BCUT2D eigenvalue weighted by atomic mass is 32.1. The fourth-order valence-electron chi connectivity index (χ4n) is 3.21. The summed E-state index contributed by atoms with van der Waals surface area (Å²) in [7, 11) is 0. The van der Waals surface area contributed by atoms with E-state index in [1.165, 1.54) is 23.6 Å². The first-order valence-corrected chi connectivity index (χ1v) is 11.0. The Morgan fingerprint density at radius 2 is 2.10 bits per heavy atom. The van der Waals surface area contributed by atoms with Crippen LogP contribution >= 0.6 is 11.3 Å². The highest BCUT2D eigenvalue weighted by molar-refractivity contribution is 7.14. The van der Waals surface area contributed by atoms with Crippen LogP contribution in [0, 0.1) is 0 Å². The molecule has 3 N–H and O–H groups in total. The number of likely N-dealkylation sites (tertiary alicyclic amines) is 1. The van der Waals surface area contributed by atoms with E-state index in [2.05, 4.69) is 20.6 Å². The molecular formula is C20H25N5O5S. The molecule has 11 heteroatoms. The lowest BCUT2D eigenvalue weighted by molar-refractivity contribution is -0.122. The highest BCUT2D eigenvalue weighted by Gasteiger charge is 2.24. The highest BCUT2D eigenvalue weighted by Crippen LogP contribution is 2.17. The first-order chi connectivity index (χ1) is 15.0. The normalized spacial score (nSPS) is 14.2. The molecule has 1 saturated heterocycles. The number of pyridine rings is 1. The Hall–Kier alpha value is -3.21. The van der Waals surface area contributed by atoms with Crippen LogP contribution in [0.3, 0.4) is 0 Å². The number of ether oxygens (including phenoxy) is 1. The van der Waals surface area contributed by atoms with Crippen LogP contribution < -0.4 is 16.2 Å². The predicted octanol–water partition coefficient (Wildman–Crippen LogP) is 1.75. The minimum absolute atomic E-state index is 0.00707. The second-order valence-electron chi connectivity index (χ2n) is 7.04. The van der Waals surface area contributed by atoms with Crippen molar-refractivity contribution in [1.82, 2.24) is 20.2 Å². The number of hydrogen-bond acceptors (Lipinski definition) is 7. The van der Waals surface area contributed by atoms with Gasteiger partial charge in [0.05, 0.1) is 12.3 Å². The van der Waals surface area contributed by atoms with Gasteiger partial charge in [0.15, 0.2) is 5.13 Å². The summed E-state index contributed by atoms with van der Waals surface area (Å²) >= 11 is 1.24. The van der Waals surface area contributed by atoms with E-state index in [4.69, 9.17) is 4.74 Å². The number of rotatable bonds is 7. The Bertz CT molecular complexity index is 980. The summed E-state index contributed by atoms with van der Waals surface area (Å²) in [5.41, 5.74) is 0.226. The number of carbonyl (C=O) groups is 3. The van der Waals surface area contributed by atoms with Crippen molar-refractivity contribution < 1.29 is 19.1 Å². The van der Waals surface area contributed by atoms with Gasteiger partial charge in [-0.05, 0) is 38.3 Å². The zero-order valence-electron chi connectivity index (χ0n) is 17.2. The maximum absolute atomic E-state index is 12.3. The molecule has 166 valence electrons. The molecule has 10 nitrogen and oxygen atoms in total. The van der Waals surface area contributed by atoms with E-state index in [0.717, 1.165) is 0 Å². The maximum atomic E-state index is 12.3. The Labute approximate surface area is 183 Å². The quantitative estimate of drug-likeness (QED) is 0.592. The molecule has 1 fully saturated rings. The van der Waals surface area contributed by atoms with Crippen molar-refractivity contribution in [3.8, 4) is 0 Å². The second kappa shape index (κ2) is 10.7. The topological polar surface area (TPSA) is 133 Å². The SMILES string of the molecule is CCOC(=O)N1CCC(NC(=O)CCc2csc(NC(=O)c3ccc[nH]c3=O)n2)CC1. The van der Waals surface area contributed by atoms with E-state index >= 15 is 0 Å². The third-order valence-electron chi connectivity index (χ3n) is 4.83. The number of anilines is 1. The van der Waals surface area contributed by atoms with E-state index in [-0.39, 0.29) is 30.0 Å². The fraction of sp³-hybridized carbons (Fsp3) is 0.450. The van der Waals surface area contributed by atoms with Crippen molar-refractivity contribution in [2.24, 2.45) is 0 Å². The van der Waals surface area contributed by atoms with Crippen LogP contribution in [0.15, 0.2) is 28.5 Å². The van der Waals surface area contributed by atoms with Crippen LogP contribution in [0.1, 0.15) is 42.2 Å². The Balaban J connectivity index is 1.41. The largest absolute Gasteiger partial charge is 0.450 e. The molecule has 31 heavy (non-hydrogen) atoms. The molecule has 0 aromatic carbocycles. The number of amides is 3. The number of H-pyrrole nitrogens is 1. The molecule has 0 spiro atoms. The molecule has 2 aromatic rings. The summed E-state index contributed by atoms with van der Waals surface area (Å²) in [6, 6.07) is 3.04. The van der Waals surface area contributed by atoms with Gasteiger partial charge in [0.2, 0.25) is 5.91 Å². The summed E-state index contributed by atoms with van der Waals surface area (Å²) in [6.07, 6.45) is 3.23. The molecule has 0 atom stereocenters. The van der Waals surface area contributed by atoms with Gasteiger partial charge in [-0.3, -0.25) is 19.7 Å². The summed E-state index contributed by atoms with van der Waals surface area (Å²) < 4.78 is 4.99. The van der Waals surface area contributed by atoms with Crippen LogP contribution in [0.4, 0.5) is 9.93 Å². The van der Waals surface area contributed by atoms with E-state index in [1.807, 2.05) is 0 Å². The molecule has 3 rings (SSSR count). The van der Waals surface area contributed by atoms with Gasteiger partial charge in [0.25, 0.3) is 11.5 Å². The molecule has 3 heterocycles. The van der Waals surface area contributed by atoms with Gasteiger partial charge in [-0.25, -0.2) is 9.78 Å². The molecule has 2 aromatic heterocycles. The minimum Gasteiger partial charge on any atom is -0.450 e. The van der Waals surface area contributed by atoms with E-state index < -0.39 is 11.5 Å². The average Bonchev–Trinajstić information content (AvgIpc) is 3.20. The van der Waals surface area contributed by atoms with Crippen LogP contribution in [0.5, 0.6) is 0 Å². The molecule has 3 amide bonds. The molecule has 1 aliphatic rings. The lowest BCUT2D eigenvalue weighted by atomic mass is 10.1. The van der Waals surface area contributed by atoms with Crippen molar-refractivity contribution in [2.75, 3.05) is 25.0 Å². The van der Waals surface area contributed by atoms with Gasteiger partial charge in [-0.15, -0.1) is 11.3 Å². The number of aromatic nitrogens is 2. The van der Waals surface area contributed by atoms with Crippen LogP contribution in [0.25, 0.3) is 0 Å². The molecule has 0 radical (unpaired) electrons. The van der Waals surface area contributed by atoms with Crippen molar-refractivity contribution in [3.05, 3.63) is 45.3 Å².